The van der Waals surface area contributed by atoms with Crippen LogP contribution >= 0.6 is 0 Å². The Labute approximate surface area is 89.9 Å². The van der Waals surface area contributed by atoms with Gasteiger partial charge in [-0.05, 0) is 25.2 Å². The zero-order valence-electron chi connectivity index (χ0n) is 9.11. The highest BCUT2D eigenvalue weighted by atomic mass is 16.4. The molecule has 2 saturated carbocycles. The summed E-state index contributed by atoms with van der Waals surface area (Å²) in [7, 11) is 0. The molecular formula is C12H18O3. The standard InChI is InChI=1S/C12H18O3/c1-7-2-4-8(5-3-7)11(13)9-6-10(9)12(14)15/h7-10H,2-6H2,1H3,(H,14,15). The van der Waals surface area contributed by atoms with Crippen molar-refractivity contribution in [2.24, 2.45) is 23.7 Å². The minimum atomic E-state index is -0.794. The van der Waals surface area contributed by atoms with Crippen LogP contribution in [0.5, 0.6) is 0 Å². The van der Waals surface area contributed by atoms with Gasteiger partial charge in [0.05, 0.1) is 5.92 Å². The van der Waals surface area contributed by atoms with Crippen molar-refractivity contribution in [2.45, 2.75) is 39.0 Å². The number of rotatable bonds is 3. The zero-order chi connectivity index (χ0) is 11.0. The van der Waals surface area contributed by atoms with E-state index in [0.717, 1.165) is 31.6 Å². The van der Waals surface area contributed by atoms with Gasteiger partial charge in [0.1, 0.15) is 5.78 Å². The fourth-order valence-corrected chi connectivity index (χ4v) is 2.63. The second-order valence-corrected chi connectivity index (χ2v) is 5.15. The van der Waals surface area contributed by atoms with Crippen molar-refractivity contribution in [3.8, 4) is 0 Å². The third-order valence-corrected chi connectivity index (χ3v) is 3.89. The molecule has 0 aromatic rings. The Morgan fingerprint density at radius 3 is 2.13 bits per heavy atom. The molecule has 84 valence electrons. The lowest BCUT2D eigenvalue weighted by atomic mass is 9.79. The number of carbonyl (C=O) groups is 2. The number of Topliss-reactive ketones (excluding diaryl/α,β-unsaturated/α-hetero) is 1. The third kappa shape index (κ3) is 2.21. The molecule has 2 rings (SSSR count). The highest BCUT2D eigenvalue weighted by Gasteiger charge is 2.49. The lowest BCUT2D eigenvalue weighted by Gasteiger charge is -2.25. The lowest BCUT2D eigenvalue weighted by Crippen LogP contribution is -2.23. The fourth-order valence-electron chi connectivity index (χ4n) is 2.63. The molecule has 15 heavy (non-hydrogen) atoms. The Hall–Kier alpha value is -0.860. The molecule has 1 N–H and O–H groups in total. The molecule has 0 aromatic heterocycles. The molecule has 3 heteroatoms. The van der Waals surface area contributed by atoms with Gasteiger partial charge in [0, 0.05) is 11.8 Å². The first-order chi connectivity index (χ1) is 7.09. The average molecular weight is 210 g/mol. The molecule has 3 nitrogen and oxygen atoms in total. The first kappa shape index (κ1) is 10.7. The molecule has 2 fully saturated rings. The van der Waals surface area contributed by atoms with Crippen molar-refractivity contribution in [1.82, 2.24) is 0 Å². The van der Waals surface area contributed by atoms with Gasteiger partial charge in [0.25, 0.3) is 0 Å². The first-order valence-electron chi connectivity index (χ1n) is 5.86. The van der Waals surface area contributed by atoms with Crippen LogP contribution in [0.1, 0.15) is 39.0 Å². The number of carbonyl (C=O) groups excluding carboxylic acids is 1. The van der Waals surface area contributed by atoms with Crippen molar-refractivity contribution in [1.29, 1.82) is 0 Å². The Kier molecular flexibility index (Phi) is 2.81. The van der Waals surface area contributed by atoms with Crippen molar-refractivity contribution < 1.29 is 14.7 Å². The van der Waals surface area contributed by atoms with Gasteiger partial charge in [-0.25, -0.2) is 0 Å². The van der Waals surface area contributed by atoms with Gasteiger partial charge < -0.3 is 5.11 Å². The summed E-state index contributed by atoms with van der Waals surface area (Å²) in [6.07, 6.45) is 4.79. The summed E-state index contributed by atoms with van der Waals surface area (Å²) in [6, 6.07) is 0. The SMILES string of the molecule is CC1CCC(C(=O)C2CC2C(=O)O)CC1. The number of carboxylic acid groups (broad SMARTS) is 1. The fraction of sp³-hybridized carbons (Fsp3) is 0.833. The van der Waals surface area contributed by atoms with Crippen LogP contribution in [0, 0.1) is 23.7 Å². The monoisotopic (exact) mass is 210 g/mol. The maximum atomic E-state index is 11.9. The summed E-state index contributed by atoms with van der Waals surface area (Å²) in [5, 5.41) is 8.76. The van der Waals surface area contributed by atoms with E-state index in [1.54, 1.807) is 0 Å². The molecule has 0 aliphatic heterocycles. The van der Waals surface area contributed by atoms with Gasteiger partial charge in [-0.2, -0.15) is 0 Å². The average Bonchev–Trinajstić information content (AvgIpc) is 2.97. The predicted octanol–water partition coefficient (Wildman–Crippen LogP) is 2.10. The topological polar surface area (TPSA) is 54.4 Å². The van der Waals surface area contributed by atoms with E-state index in [-0.39, 0.29) is 23.5 Å². The van der Waals surface area contributed by atoms with E-state index in [1.807, 2.05) is 0 Å². The molecule has 0 bridgehead atoms. The van der Waals surface area contributed by atoms with Gasteiger partial charge in [-0.15, -0.1) is 0 Å². The van der Waals surface area contributed by atoms with Crippen molar-refractivity contribution in [2.75, 3.05) is 0 Å². The van der Waals surface area contributed by atoms with E-state index in [4.69, 9.17) is 5.11 Å². The van der Waals surface area contributed by atoms with Crippen LogP contribution in [0.4, 0.5) is 0 Å². The van der Waals surface area contributed by atoms with Crippen molar-refractivity contribution in [3.05, 3.63) is 0 Å². The predicted molar refractivity (Wildman–Crippen MR) is 55.4 cm³/mol. The Bertz CT molecular complexity index is 277. The van der Waals surface area contributed by atoms with Crippen LogP contribution in [0.2, 0.25) is 0 Å². The molecule has 2 unspecified atom stereocenters. The van der Waals surface area contributed by atoms with E-state index in [1.165, 1.54) is 0 Å². The molecule has 2 atom stereocenters. The number of hydrogen-bond acceptors (Lipinski definition) is 2. The first-order valence-corrected chi connectivity index (χ1v) is 5.86. The maximum absolute atomic E-state index is 11.9. The minimum Gasteiger partial charge on any atom is -0.481 e. The van der Waals surface area contributed by atoms with Crippen LogP contribution in [-0.4, -0.2) is 16.9 Å². The van der Waals surface area contributed by atoms with Crippen molar-refractivity contribution >= 4 is 11.8 Å². The summed E-state index contributed by atoms with van der Waals surface area (Å²) >= 11 is 0. The van der Waals surface area contributed by atoms with E-state index < -0.39 is 5.97 Å². The molecule has 0 heterocycles. The second-order valence-electron chi connectivity index (χ2n) is 5.15. The largest absolute Gasteiger partial charge is 0.481 e. The van der Waals surface area contributed by atoms with Crippen molar-refractivity contribution in [3.63, 3.8) is 0 Å². The molecule has 2 aliphatic rings. The van der Waals surface area contributed by atoms with Gasteiger partial charge in [0.15, 0.2) is 0 Å². The molecule has 2 aliphatic carbocycles. The number of ketones is 1. The van der Waals surface area contributed by atoms with E-state index >= 15 is 0 Å². The summed E-state index contributed by atoms with van der Waals surface area (Å²) in [5.41, 5.74) is 0. The Morgan fingerprint density at radius 1 is 1.07 bits per heavy atom. The summed E-state index contributed by atoms with van der Waals surface area (Å²) in [4.78, 5) is 22.6. The molecule has 0 amide bonds. The number of hydrogen-bond donors (Lipinski definition) is 1. The number of aliphatic carboxylic acids is 1. The summed E-state index contributed by atoms with van der Waals surface area (Å²) < 4.78 is 0. The Balaban J connectivity index is 1.85. The highest BCUT2D eigenvalue weighted by molar-refractivity contribution is 5.92. The van der Waals surface area contributed by atoms with E-state index in [0.29, 0.717) is 6.42 Å². The molecular weight excluding hydrogens is 192 g/mol. The van der Waals surface area contributed by atoms with Gasteiger partial charge in [0.2, 0.25) is 0 Å². The smallest absolute Gasteiger partial charge is 0.307 e. The maximum Gasteiger partial charge on any atom is 0.307 e. The van der Waals surface area contributed by atoms with Crippen LogP contribution in [0.25, 0.3) is 0 Å². The minimum absolute atomic E-state index is 0.152. The van der Waals surface area contributed by atoms with Crippen LogP contribution in [0.3, 0.4) is 0 Å². The summed E-state index contributed by atoms with van der Waals surface area (Å²) in [5.74, 6) is -0.177. The highest BCUT2D eigenvalue weighted by Crippen LogP contribution is 2.43. The van der Waals surface area contributed by atoms with Crippen LogP contribution in [0.15, 0.2) is 0 Å². The molecule has 0 aromatic carbocycles. The molecule has 0 saturated heterocycles. The number of carboxylic acids is 1. The third-order valence-electron chi connectivity index (χ3n) is 3.89. The second kappa shape index (κ2) is 3.95. The van der Waals surface area contributed by atoms with E-state index in [2.05, 4.69) is 6.92 Å². The van der Waals surface area contributed by atoms with Gasteiger partial charge >= 0.3 is 5.97 Å². The summed E-state index contributed by atoms with van der Waals surface area (Å²) in [6.45, 7) is 2.22. The van der Waals surface area contributed by atoms with Gasteiger partial charge in [-0.1, -0.05) is 19.8 Å². The molecule has 0 spiro atoms. The normalized spacial score (nSPS) is 39.8. The quantitative estimate of drug-likeness (QED) is 0.776. The van der Waals surface area contributed by atoms with E-state index in [9.17, 15) is 9.59 Å². The van der Waals surface area contributed by atoms with Crippen LogP contribution < -0.4 is 0 Å². The van der Waals surface area contributed by atoms with Crippen LogP contribution in [-0.2, 0) is 9.59 Å². The lowest BCUT2D eigenvalue weighted by molar-refractivity contribution is -0.140. The van der Waals surface area contributed by atoms with Gasteiger partial charge in [-0.3, -0.25) is 9.59 Å². The molecule has 0 radical (unpaired) electrons. The zero-order valence-corrected chi connectivity index (χ0v) is 9.11. The Morgan fingerprint density at radius 2 is 1.67 bits per heavy atom.